The van der Waals surface area contributed by atoms with Crippen molar-refractivity contribution in [3.05, 3.63) is 20.5 Å². The van der Waals surface area contributed by atoms with Gasteiger partial charge in [0, 0.05) is 6.04 Å². The molecular weight excluding hydrogens is 383 g/mol. The first-order valence-corrected chi connectivity index (χ1v) is 7.10. The number of rotatable bonds is 3. The standard InChI is InChI=1S/C12H16ClIN2O3/c1-12(2,3)8(15-11(18)19)5-6-4-7(17)9(13)16-10(6)14/h4,8,15,17H,5H2,1-3H3,(H,18,19)/t8-/m1/s1. The first kappa shape index (κ1) is 16.3. The van der Waals surface area contributed by atoms with Crippen LogP contribution in [-0.2, 0) is 6.42 Å². The Morgan fingerprint density at radius 1 is 1.58 bits per heavy atom. The zero-order chi connectivity index (χ0) is 14.8. The first-order chi connectivity index (χ1) is 8.61. The number of carbonyl (C=O) groups is 1. The molecule has 0 aliphatic carbocycles. The number of nitrogens with one attached hydrogen (secondary N) is 1. The third-order valence-corrected chi connectivity index (χ3v) is 3.96. The minimum Gasteiger partial charge on any atom is -0.505 e. The number of hydrogen-bond donors (Lipinski definition) is 3. The van der Waals surface area contributed by atoms with Crippen LogP contribution in [0.15, 0.2) is 6.07 Å². The summed E-state index contributed by atoms with van der Waals surface area (Å²) in [6, 6.07) is 1.24. The molecule has 1 amide bonds. The highest BCUT2D eigenvalue weighted by molar-refractivity contribution is 14.1. The fraction of sp³-hybridized carbons (Fsp3) is 0.500. The van der Waals surface area contributed by atoms with Crippen molar-refractivity contribution in [2.75, 3.05) is 0 Å². The van der Waals surface area contributed by atoms with Crippen LogP contribution in [0, 0.1) is 9.12 Å². The minimum atomic E-state index is -1.07. The van der Waals surface area contributed by atoms with Gasteiger partial charge < -0.3 is 15.5 Å². The molecule has 1 rings (SSSR count). The van der Waals surface area contributed by atoms with Crippen LogP contribution in [0.1, 0.15) is 26.3 Å². The Hall–Kier alpha value is -0.760. The summed E-state index contributed by atoms with van der Waals surface area (Å²) in [6.45, 7) is 5.84. The molecule has 0 fully saturated rings. The Morgan fingerprint density at radius 3 is 2.63 bits per heavy atom. The van der Waals surface area contributed by atoms with Crippen molar-refractivity contribution in [3.63, 3.8) is 0 Å². The number of nitrogens with zero attached hydrogens (tertiary/aromatic N) is 1. The van der Waals surface area contributed by atoms with Crippen molar-refractivity contribution in [2.45, 2.75) is 33.2 Å². The molecule has 3 N–H and O–H groups in total. The van der Waals surface area contributed by atoms with E-state index in [2.05, 4.69) is 10.3 Å². The highest BCUT2D eigenvalue weighted by Gasteiger charge is 2.27. The first-order valence-electron chi connectivity index (χ1n) is 5.64. The largest absolute Gasteiger partial charge is 0.505 e. The molecule has 0 saturated heterocycles. The summed E-state index contributed by atoms with van der Waals surface area (Å²) < 4.78 is 0.654. The van der Waals surface area contributed by atoms with Gasteiger partial charge in [-0.05, 0) is 46.1 Å². The van der Waals surface area contributed by atoms with Crippen molar-refractivity contribution in [2.24, 2.45) is 5.41 Å². The molecule has 106 valence electrons. The highest BCUT2D eigenvalue weighted by Crippen LogP contribution is 2.28. The predicted molar refractivity (Wildman–Crippen MR) is 81.7 cm³/mol. The zero-order valence-electron chi connectivity index (χ0n) is 10.9. The Kier molecular flexibility index (Phi) is 5.26. The molecule has 0 saturated carbocycles. The van der Waals surface area contributed by atoms with E-state index >= 15 is 0 Å². The third-order valence-electron chi connectivity index (χ3n) is 2.75. The molecule has 5 nitrogen and oxygen atoms in total. The maximum Gasteiger partial charge on any atom is 0.404 e. The highest BCUT2D eigenvalue weighted by atomic mass is 127. The van der Waals surface area contributed by atoms with Gasteiger partial charge in [0.05, 0.1) is 0 Å². The zero-order valence-corrected chi connectivity index (χ0v) is 13.8. The molecule has 19 heavy (non-hydrogen) atoms. The smallest absolute Gasteiger partial charge is 0.404 e. The van der Waals surface area contributed by atoms with Gasteiger partial charge >= 0.3 is 6.09 Å². The fourth-order valence-electron chi connectivity index (χ4n) is 1.59. The van der Waals surface area contributed by atoms with E-state index in [0.29, 0.717) is 10.1 Å². The number of halogens is 2. The molecule has 1 heterocycles. The van der Waals surface area contributed by atoms with Gasteiger partial charge in [0.25, 0.3) is 0 Å². The lowest BCUT2D eigenvalue weighted by atomic mass is 9.83. The van der Waals surface area contributed by atoms with E-state index in [9.17, 15) is 9.90 Å². The van der Waals surface area contributed by atoms with E-state index in [0.717, 1.165) is 5.56 Å². The molecule has 0 unspecified atom stereocenters. The Balaban J connectivity index is 3.03. The monoisotopic (exact) mass is 398 g/mol. The van der Waals surface area contributed by atoms with E-state index in [4.69, 9.17) is 16.7 Å². The Bertz CT molecular complexity index is 489. The van der Waals surface area contributed by atoms with Crippen molar-refractivity contribution in [1.82, 2.24) is 10.3 Å². The average Bonchev–Trinajstić information content (AvgIpc) is 2.22. The minimum absolute atomic E-state index is 0.0478. The summed E-state index contributed by atoms with van der Waals surface area (Å²) in [5.74, 6) is -0.0972. The van der Waals surface area contributed by atoms with Crippen LogP contribution < -0.4 is 5.32 Å². The SMILES string of the molecule is CC(C)(C)[C@@H](Cc1cc(O)c(Cl)nc1I)NC(=O)O. The van der Waals surface area contributed by atoms with Crippen LogP contribution in [0.5, 0.6) is 5.75 Å². The molecule has 0 bridgehead atoms. The second-order valence-corrected chi connectivity index (χ2v) is 6.70. The van der Waals surface area contributed by atoms with Crippen LogP contribution >= 0.6 is 34.2 Å². The third kappa shape index (κ3) is 4.68. The van der Waals surface area contributed by atoms with E-state index < -0.39 is 6.09 Å². The lowest BCUT2D eigenvalue weighted by Crippen LogP contribution is -2.44. The van der Waals surface area contributed by atoms with Gasteiger partial charge in [0.2, 0.25) is 0 Å². The van der Waals surface area contributed by atoms with Crippen molar-refractivity contribution >= 4 is 40.3 Å². The summed E-state index contributed by atoms with van der Waals surface area (Å²) in [5.41, 5.74) is 0.507. The normalized spacial score (nSPS) is 13.1. The van der Waals surface area contributed by atoms with Crippen molar-refractivity contribution < 1.29 is 15.0 Å². The predicted octanol–water partition coefficient (Wildman–Crippen LogP) is 3.27. The van der Waals surface area contributed by atoms with Crippen molar-refractivity contribution in [1.29, 1.82) is 0 Å². The van der Waals surface area contributed by atoms with Crippen LogP contribution in [0.2, 0.25) is 5.15 Å². The van der Waals surface area contributed by atoms with Gasteiger partial charge in [-0.25, -0.2) is 9.78 Å². The van der Waals surface area contributed by atoms with Gasteiger partial charge in [-0.2, -0.15) is 0 Å². The van der Waals surface area contributed by atoms with E-state index in [1.54, 1.807) is 0 Å². The molecule has 0 aliphatic heterocycles. The number of carboxylic acid groups (broad SMARTS) is 1. The number of hydrogen-bond acceptors (Lipinski definition) is 3. The molecule has 7 heteroatoms. The molecular formula is C12H16ClIN2O3. The van der Waals surface area contributed by atoms with Crippen molar-refractivity contribution in [3.8, 4) is 5.75 Å². The van der Waals surface area contributed by atoms with E-state index in [1.165, 1.54) is 6.07 Å². The summed E-state index contributed by atoms with van der Waals surface area (Å²) in [6.07, 6.45) is -0.632. The lowest BCUT2D eigenvalue weighted by molar-refractivity contribution is 0.174. The molecule has 0 spiro atoms. The molecule has 0 aromatic carbocycles. The van der Waals surface area contributed by atoms with Gasteiger partial charge in [-0.3, -0.25) is 0 Å². The number of pyridine rings is 1. The summed E-state index contributed by atoms with van der Waals surface area (Å²) >= 11 is 7.74. The average molecular weight is 399 g/mol. The number of amides is 1. The molecule has 1 atom stereocenters. The molecule has 0 radical (unpaired) electrons. The summed E-state index contributed by atoms with van der Waals surface area (Å²) in [4.78, 5) is 14.9. The maximum absolute atomic E-state index is 10.9. The topological polar surface area (TPSA) is 82.5 Å². The second kappa shape index (κ2) is 6.13. The summed E-state index contributed by atoms with van der Waals surface area (Å²) in [7, 11) is 0. The molecule has 1 aromatic rings. The van der Waals surface area contributed by atoms with Gasteiger partial charge in [-0.1, -0.05) is 32.4 Å². The Labute approximate surface area is 130 Å². The Morgan fingerprint density at radius 2 is 2.16 bits per heavy atom. The lowest BCUT2D eigenvalue weighted by Gasteiger charge is -2.30. The van der Waals surface area contributed by atoms with Crippen LogP contribution in [-0.4, -0.2) is 27.3 Å². The molecule has 0 aliphatic rings. The van der Waals surface area contributed by atoms with Crippen LogP contribution in [0.3, 0.4) is 0 Å². The quantitative estimate of drug-likeness (QED) is 0.539. The van der Waals surface area contributed by atoms with Gasteiger partial charge in [0.15, 0.2) is 10.9 Å². The van der Waals surface area contributed by atoms with Crippen LogP contribution in [0.25, 0.3) is 0 Å². The van der Waals surface area contributed by atoms with E-state index in [1.807, 2.05) is 43.4 Å². The van der Waals surface area contributed by atoms with Gasteiger partial charge in [-0.15, -0.1) is 0 Å². The fourth-order valence-corrected chi connectivity index (χ4v) is 2.48. The number of aromatic hydroxyl groups is 1. The van der Waals surface area contributed by atoms with Gasteiger partial charge in [0.1, 0.15) is 3.70 Å². The maximum atomic E-state index is 10.9. The number of aromatic nitrogens is 1. The van der Waals surface area contributed by atoms with E-state index in [-0.39, 0.29) is 22.4 Å². The molecule has 1 aromatic heterocycles. The van der Waals surface area contributed by atoms with Crippen LogP contribution in [0.4, 0.5) is 4.79 Å². The second-order valence-electron chi connectivity index (χ2n) is 5.32. The summed E-state index contributed by atoms with van der Waals surface area (Å²) in [5, 5.41) is 21.0.